The van der Waals surface area contributed by atoms with Crippen molar-refractivity contribution in [2.24, 2.45) is 0 Å². The molecule has 0 aliphatic rings. The monoisotopic (exact) mass is 325 g/mol. The molecule has 0 radical (unpaired) electrons. The molecule has 0 saturated heterocycles. The predicted molar refractivity (Wildman–Crippen MR) is 90.3 cm³/mol. The maximum atomic E-state index is 6.11. The van der Waals surface area contributed by atoms with Crippen molar-refractivity contribution in [3.8, 4) is 5.75 Å². The lowest BCUT2D eigenvalue weighted by Gasteiger charge is -2.06. The number of methoxy groups -OCH3 is 1. The largest absolute Gasteiger partial charge is 0.495 e. The fourth-order valence-corrected chi connectivity index (χ4v) is 2.89. The molecule has 4 nitrogen and oxygen atoms in total. The van der Waals surface area contributed by atoms with Crippen LogP contribution in [0, 0.1) is 0 Å². The van der Waals surface area contributed by atoms with Crippen LogP contribution < -0.4 is 15.4 Å². The highest BCUT2D eigenvalue weighted by Crippen LogP contribution is 2.29. The molecule has 0 fully saturated rings. The van der Waals surface area contributed by atoms with Gasteiger partial charge in [-0.1, -0.05) is 18.5 Å². The number of rotatable bonds is 8. The first-order valence-electron chi connectivity index (χ1n) is 6.98. The first-order valence-corrected chi connectivity index (χ1v) is 8.24. The van der Waals surface area contributed by atoms with Gasteiger partial charge >= 0.3 is 0 Å². The number of aromatic nitrogens is 1. The number of nitrogens with zero attached hydrogens (tertiary/aromatic N) is 1. The van der Waals surface area contributed by atoms with Crippen molar-refractivity contribution in [3.05, 3.63) is 34.3 Å². The molecule has 1 aromatic heterocycles. The average Bonchev–Trinajstić information content (AvgIpc) is 2.91. The molecule has 0 aliphatic heterocycles. The first kappa shape index (κ1) is 16.1. The molecule has 0 unspecified atom stereocenters. The van der Waals surface area contributed by atoms with E-state index in [1.165, 1.54) is 0 Å². The van der Waals surface area contributed by atoms with E-state index in [1.54, 1.807) is 18.4 Å². The molecule has 0 amide bonds. The summed E-state index contributed by atoms with van der Waals surface area (Å²) in [5.74, 6) is 0.670. The van der Waals surface area contributed by atoms with Gasteiger partial charge in [0.25, 0.3) is 0 Å². The summed E-state index contributed by atoms with van der Waals surface area (Å²) >= 11 is 7.71. The summed E-state index contributed by atoms with van der Waals surface area (Å²) in [7, 11) is 1.61. The van der Waals surface area contributed by atoms with Gasteiger partial charge in [-0.2, -0.15) is 0 Å². The lowest BCUT2D eigenvalue weighted by atomic mass is 10.3. The number of anilines is 2. The number of thiazole rings is 1. The van der Waals surface area contributed by atoms with Crippen LogP contribution in [0.25, 0.3) is 0 Å². The van der Waals surface area contributed by atoms with Crippen molar-refractivity contribution in [1.82, 2.24) is 10.3 Å². The highest BCUT2D eigenvalue weighted by Gasteiger charge is 2.05. The maximum Gasteiger partial charge on any atom is 0.187 e. The molecular weight excluding hydrogens is 306 g/mol. The highest BCUT2D eigenvalue weighted by atomic mass is 35.5. The Morgan fingerprint density at radius 1 is 1.33 bits per heavy atom. The van der Waals surface area contributed by atoms with Gasteiger partial charge in [-0.3, -0.25) is 0 Å². The number of benzene rings is 1. The summed E-state index contributed by atoms with van der Waals surface area (Å²) in [4.78, 5) is 4.57. The maximum absolute atomic E-state index is 6.11. The zero-order valence-corrected chi connectivity index (χ0v) is 13.9. The van der Waals surface area contributed by atoms with Crippen molar-refractivity contribution >= 4 is 33.8 Å². The molecular formula is C15H20ClN3OS. The lowest BCUT2D eigenvalue weighted by Crippen LogP contribution is -2.17. The van der Waals surface area contributed by atoms with Gasteiger partial charge in [-0.05, 0) is 31.2 Å². The summed E-state index contributed by atoms with van der Waals surface area (Å²) in [6.45, 7) is 4.18. The van der Waals surface area contributed by atoms with Gasteiger partial charge in [0, 0.05) is 24.0 Å². The molecule has 114 valence electrons. The quantitative estimate of drug-likeness (QED) is 0.718. The van der Waals surface area contributed by atoms with E-state index in [0.29, 0.717) is 10.8 Å². The topological polar surface area (TPSA) is 46.2 Å². The van der Waals surface area contributed by atoms with Gasteiger partial charge < -0.3 is 15.4 Å². The molecule has 1 heterocycles. The highest BCUT2D eigenvalue weighted by molar-refractivity contribution is 7.13. The number of ether oxygens (including phenoxy) is 1. The Kier molecular flexibility index (Phi) is 6.29. The minimum Gasteiger partial charge on any atom is -0.495 e. The molecule has 6 heteroatoms. The molecule has 0 spiro atoms. The summed E-state index contributed by atoms with van der Waals surface area (Å²) < 4.78 is 5.14. The standard InChI is InChI=1S/C15H20ClN3OS/c1-3-7-17-8-6-12-10-21-15(19-12)18-11-4-5-14(20-2)13(16)9-11/h4-5,9-10,17H,3,6-8H2,1-2H3,(H,18,19). The van der Waals surface area contributed by atoms with E-state index in [1.807, 2.05) is 18.2 Å². The average molecular weight is 326 g/mol. The van der Waals surface area contributed by atoms with E-state index >= 15 is 0 Å². The van der Waals surface area contributed by atoms with E-state index < -0.39 is 0 Å². The van der Waals surface area contributed by atoms with Crippen LogP contribution in [-0.2, 0) is 6.42 Å². The van der Waals surface area contributed by atoms with Crippen molar-refractivity contribution in [2.75, 3.05) is 25.5 Å². The molecule has 0 bridgehead atoms. The number of hydrogen-bond donors (Lipinski definition) is 2. The van der Waals surface area contributed by atoms with E-state index in [2.05, 4.69) is 27.9 Å². The number of halogens is 1. The predicted octanol–water partition coefficient (Wildman–Crippen LogP) is 4.09. The van der Waals surface area contributed by atoms with E-state index in [4.69, 9.17) is 16.3 Å². The van der Waals surface area contributed by atoms with Crippen LogP contribution in [0.2, 0.25) is 5.02 Å². The number of hydrogen-bond acceptors (Lipinski definition) is 5. The Balaban J connectivity index is 1.91. The summed E-state index contributed by atoms with van der Waals surface area (Å²) in [6, 6.07) is 5.60. The molecule has 1 aromatic carbocycles. The summed E-state index contributed by atoms with van der Waals surface area (Å²) in [6.07, 6.45) is 2.10. The van der Waals surface area contributed by atoms with Crippen molar-refractivity contribution in [1.29, 1.82) is 0 Å². The SMILES string of the molecule is CCCNCCc1csc(Nc2ccc(OC)c(Cl)c2)n1. The van der Waals surface area contributed by atoms with Crippen LogP contribution >= 0.6 is 22.9 Å². The Labute approximate surface area is 134 Å². The Bertz CT molecular complexity index is 574. The number of nitrogens with one attached hydrogen (secondary N) is 2. The molecule has 2 rings (SSSR count). The zero-order valence-electron chi connectivity index (χ0n) is 12.3. The zero-order chi connectivity index (χ0) is 15.1. The van der Waals surface area contributed by atoms with E-state index in [9.17, 15) is 0 Å². The Morgan fingerprint density at radius 3 is 2.90 bits per heavy atom. The lowest BCUT2D eigenvalue weighted by molar-refractivity contribution is 0.415. The van der Waals surface area contributed by atoms with Crippen LogP contribution in [0.1, 0.15) is 19.0 Å². The third-order valence-electron chi connectivity index (χ3n) is 2.94. The molecule has 21 heavy (non-hydrogen) atoms. The van der Waals surface area contributed by atoms with Crippen LogP contribution in [0.15, 0.2) is 23.6 Å². The van der Waals surface area contributed by atoms with Crippen LogP contribution in [0.5, 0.6) is 5.75 Å². The second kappa shape index (κ2) is 8.22. The molecule has 0 aliphatic carbocycles. The van der Waals surface area contributed by atoms with Gasteiger partial charge in [-0.25, -0.2) is 4.98 Å². The molecule has 2 N–H and O–H groups in total. The summed E-state index contributed by atoms with van der Waals surface area (Å²) in [5.41, 5.74) is 2.01. The summed E-state index contributed by atoms with van der Waals surface area (Å²) in [5, 5.41) is 10.2. The van der Waals surface area contributed by atoms with Crippen LogP contribution in [0.4, 0.5) is 10.8 Å². The van der Waals surface area contributed by atoms with Crippen LogP contribution in [0.3, 0.4) is 0 Å². The van der Waals surface area contributed by atoms with Crippen molar-refractivity contribution in [2.45, 2.75) is 19.8 Å². The third kappa shape index (κ3) is 4.88. The minimum absolute atomic E-state index is 0.586. The Hall–Kier alpha value is -1.30. The Morgan fingerprint density at radius 2 is 2.19 bits per heavy atom. The minimum atomic E-state index is 0.586. The second-order valence-electron chi connectivity index (χ2n) is 4.62. The second-order valence-corrected chi connectivity index (χ2v) is 5.88. The van der Waals surface area contributed by atoms with Gasteiger partial charge in [0.1, 0.15) is 5.75 Å². The third-order valence-corrected chi connectivity index (χ3v) is 4.04. The first-order chi connectivity index (χ1) is 10.2. The van der Waals surface area contributed by atoms with E-state index in [-0.39, 0.29) is 0 Å². The van der Waals surface area contributed by atoms with E-state index in [0.717, 1.165) is 42.4 Å². The smallest absolute Gasteiger partial charge is 0.187 e. The fourth-order valence-electron chi connectivity index (χ4n) is 1.87. The molecule has 0 saturated carbocycles. The normalized spacial score (nSPS) is 10.6. The van der Waals surface area contributed by atoms with Gasteiger partial charge in [-0.15, -0.1) is 11.3 Å². The molecule has 0 atom stereocenters. The van der Waals surface area contributed by atoms with Gasteiger partial charge in [0.2, 0.25) is 0 Å². The van der Waals surface area contributed by atoms with Crippen molar-refractivity contribution in [3.63, 3.8) is 0 Å². The van der Waals surface area contributed by atoms with Crippen LogP contribution in [-0.4, -0.2) is 25.2 Å². The van der Waals surface area contributed by atoms with Gasteiger partial charge in [0.15, 0.2) is 5.13 Å². The molecule has 2 aromatic rings. The van der Waals surface area contributed by atoms with Gasteiger partial charge in [0.05, 0.1) is 17.8 Å². The van der Waals surface area contributed by atoms with Crippen molar-refractivity contribution < 1.29 is 4.74 Å². The fraction of sp³-hybridized carbons (Fsp3) is 0.400.